The SMILES string of the molecule is Cc1nnc(C(C)N2CCCC2c2c(C)nn(C)c2Cl)o1. The Hall–Kier alpha value is -1.40. The van der Waals surface area contributed by atoms with Gasteiger partial charge in [0.15, 0.2) is 0 Å². The van der Waals surface area contributed by atoms with Crippen LogP contribution in [0.4, 0.5) is 0 Å². The van der Waals surface area contributed by atoms with Gasteiger partial charge in [-0.3, -0.25) is 9.58 Å². The smallest absolute Gasteiger partial charge is 0.233 e. The summed E-state index contributed by atoms with van der Waals surface area (Å²) in [4.78, 5) is 2.38. The highest BCUT2D eigenvalue weighted by atomic mass is 35.5. The van der Waals surface area contributed by atoms with E-state index < -0.39 is 0 Å². The van der Waals surface area contributed by atoms with Crippen molar-refractivity contribution in [1.29, 1.82) is 0 Å². The molecule has 0 radical (unpaired) electrons. The van der Waals surface area contributed by atoms with Gasteiger partial charge in [-0.05, 0) is 33.2 Å². The summed E-state index contributed by atoms with van der Waals surface area (Å²) in [5.41, 5.74) is 2.12. The van der Waals surface area contributed by atoms with E-state index in [0.29, 0.717) is 11.8 Å². The maximum Gasteiger partial charge on any atom is 0.233 e. The van der Waals surface area contributed by atoms with Crippen LogP contribution in [0.25, 0.3) is 0 Å². The number of likely N-dealkylation sites (tertiary alicyclic amines) is 1. The summed E-state index contributed by atoms with van der Waals surface area (Å²) in [6, 6.07) is 0.336. The number of hydrogen-bond acceptors (Lipinski definition) is 5. The van der Waals surface area contributed by atoms with Crippen molar-refractivity contribution in [2.45, 2.75) is 45.7 Å². The lowest BCUT2D eigenvalue weighted by Gasteiger charge is -2.28. The molecule has 21 heavy (non-hydrogen) atoms. The Bertz CT molecular complexity index is 650. The molecule has 2 aromatic rings. The third-order valence-electron chi connectivity index (χ3n) is 4.22. The molecule has 0 amide bonds. The first-order chi connectivity index (χ1) is 9.99. The summed E-state index contributed by atoms with van der Waals surface area (Å²) in [5, 5.41) is 13.2. The number of rotatable bonds is 3. The van der Waals surface area contributed by atoms with Gasteiger partial charge in [0.05, 0.1) is 11.7 Å². The summed E-state index contributed by atoms with van der Waals surface area (Å²) in [6.07, 6.45) is 2.20. The lowest BCUT2D eigenvalue weighted by molar-refractivity contribution is 0.166. The lowest BCUT2D eigenvalue weighted by Crippen LogP contribution is -2.27. The summed E-state index contributed by atoms with van der Waals surface area (Å²) >= 11 is 6.44. The average molecular weight is 310 g/mol. The van der Waals surface area contributed by atoms with E-state index in [1.807, 2.05) is 20.9 Å². The minimum Gasteiger partial charge on any atom is -0.424 e. The zero-order valence-electron chi connectivity index (χ0n) is 12.8. The van der Waals surface area contributed by atoms with Crippen molar-refractivity contribution < 1.29 is 4.42 Å². The van der Waals surface area contributed by atoms with Crippen LogP contribution in [0.1, 0.15) is 54.9 Å². The average Bonchev–Trinajstić information content (AvgIpc) is 3.11. The Labute approximate surface area is 129 Å². The second-order valence-electron chi connectivity index (χ2n) is 5.64. The Balaban J connectivity index is 1.92. The molecule has 0 spiro atoms. The second kappa shape index (κ2) is 5.42. The van der Waals surface area contributed by atoms with Crippen LogP contribution in [0.2, 0.25) is 5.15 Å². The van der Waals surface area contributed by atoms with E-state index in [9.17, 15) is 0 Å². The molecule has 0 saturated carbocycles. The van der Waals surface area contributed by atoms with Crippen LogP contribution < -0.4 is 0 Å². The molecule has 1 fully saturated rings. The van der Waals surface area contributed by atoms with Gasteiger partial charge >= 0.3 is 0 Å². The maximum absolute atomic E-state index is 6.44. The van der Waals surface area contributed by atoms with Gasteiger partial charge in [-0.15, -0.1) is 10.2 Å². The molecule has 1 aliphatic heterocycles. The quantitative estimate of drug-likeness (QED) is 0.872. The Kier molecular flexibility index (Phi) is 3.75. The van der Waals surface area contributed by atoms with Crippen molar-refractivity contribution in [1.82, 2.24) is 24.9 Å². The molecule has 3 rings (SSSR count). The molecule has 1 saturated heterocycles. The van der Waals surface area contributed by atoms with Gasteiger partial charge in [-0.25, -0.2) is 0 Å². The first-order valence-electron chi connectivity index (χ1n) is 7.23. The fourth-order valence-electron chi connectivity index (χ4n) is 3.21. The molecular formula is C14H20ClN5O. The molecule has 0 bridgehead atoms. The molecule has 114 valence electrons. The summed E-state index contributed by atoms with van der Waals surface area (Å²) < 4.78 is 7.33. The number of nitrogens with zero attached hydrogens (tertiary/aromatic N) is 5. The van der Waals surface area contributed by atoms with Gasteiger partial charge in [-0.1, -0.05) is 11.6 Å². The van der Waals surface area contributed by atoms with Crippen molar-refractivity contribution in [2.24, 2.45) is 7.05 Å². The zero-order chi connectivity index (χ0) is 15.1. The third-order valence-corrected chi connectivity index (χ3v) is 4.67. The normalized spacial score (nSPS) is 21.1. The van der Waals surface area contributed by atoms with Crippen molar-refractivity contribution >= 4 is 11.6 Å². The van der Waals surface area contributed by atoms with Gasteiger partial charge in [0.1, 0.15) is 5.15 Å². The number of hydrogen-bond donors (Lipinski definition) is 0. The van der Waals surface area contributed by atoms with Crippen LogP contribution in [0, 0.1) is 13.8 Å². The van der Waals surface area contributed by atoms with E-state index in [1.54, 1.807) is 4.68 Å². The van der Waals surface area contributed by atoms with Crippen LogP contribution in [0.3, 0.4) is 0 Å². The molecule has 3 heterocycles. The van der Waals surface area contributed by atoms with Gasteiger partial charge < -0.3 is 4.42 Å². The monoisotopic (exact) mass is 309 g/mol. The summed E-state index contributed by atoms with van der Waals surface area (Å²) in [6.45, 7) is 6.93. The van der Waals surface area contributed by atoms with Crippen molar-refractivity contribution in [3.8, 4) is 0 Å². The highest BCUT2D eigenvalue weighted by Gasteiger charge is 2.35. The fraction of sp³-hybridized carbons (Fsp3) is 0.643. The molecule has 7 heteroatoms. The molecule has 2 unspecified atom stereocenters. The van der Waals surface area contributed by atoms with Gasteiger partial charge in [-0.2, -0.15) is 5.10 Å². The zero-order valence-corrected chi connectivity index (χ0v) is 13.6. The molecule has 2 atom stereocenters. The van der Waals surface area contributed by atoms with Gasteiger partial charge in [0, 0.05) is 25.6 Å². The minimum absolute atomic E-state index is 0.0781. The lowest BCUT2D eigenvalue weighted by atomic mass is 10.0. The summed E-state index contributed by atoms with van der Waals surface area (Å²) in [7, 11) is 1.88. The van der Waals surface area contributed by atoms with Crippen LogP contribution in [-0.4, -0.2) is 31.4 Å². The first kappa shape index (κ1) is 14.5. The Morgan fingerprint density at radius 2 is 2.10 bits per heavy atom. The van der Waals surface area contributed by atoms with E-state index >= 15 is 0 Å². The standard InChI is InChI=1S/C14H20ClN5O/c1-8-12(13(15)19(4)18-8)11-6-5-7-20(11)9(2)14-17-16-10(3)21-14/h9,11H,5-7H2,1-4H3. The highest BCUT2D eigenvalue weighted by molar-refractivity contribution is 6.30. The molecule has 2 aromatic heterocycles. The van der Waals surface area contributed by atoms with Crippen LogP contribution in [0.15, 0.2) is 4.42 Å². The Morgan fingerprint density at radius 3 is 2.67 bits per heavy atom. The van der Waals surface area contributed by atoms with Crippen LogP contribution in [0.5, 0.6) is 0 Å². The molecule has 0 aromatic carbocycles. The Morgan fingerprint density at radius 1 is 1.33 bits per heavy atom. The number of aromatic nitrogens is 4. The van der Waals surface area contributed by atoms with Crippen LogP contribution in [-0.2, 0) is 7.05 Å². The topological polar surface area (TPSA) is 60.0 Å². The molecule has 0 aliphatic carbocycles. The van der Waals surface area contributed by atoms with Gasteiger partial charge in [0.25, 0.3) is 0 Å². The molecule has 6 nitrogen and oxygen atoms in total. The first-order valence-corrected chi connectivity index (χ1v) is 7.61. The van der Waals surface area contributed by atoms with Gasteiger partial charge in [0.2, 0.25) is 11.8 Å². The van der Waals surface area contributed by atoms with E-state index in [-0.39, 0.29) is 12.1 Å². The van der Waals surface area contributed by atoms with Crippen molar-refractivity contribution in [2.75, 3.05) is 6.54 Å². The number of aryl methyl sites for hydroxylation is 3. The fourth-order valence-corrected chi connectivity index (χ4v) is 3.51. The predicted molar refractivity (Wildman–Crippen MR) is 79.1 cm³/mol. The van der Waals surface area contributed by atoms with Crippen molar-refractivity contribution in [3.05, 3.63) is 28.2 Å². The molecule has 0 N–H and O–H groups in total. The minimum atomic E-state index is 0.0781. The highest BCUT2D eigenvalue weighted by Crippen LogP contribution is 2.41. The molecule has 1 aliphatic rings. The maximum atomic E-state index is 6.44. The second-order valence-corrected chi connectivity index (χ2v) is 6.00. The van der Waals surface area contributed by atoms with Crippen LogP contribution >= 0.6 is 11.6 Å². The molecular weight excluding hydrogens is 290 g/mol. The van der Waals surface area contributed by atoms with E-state index in [4.69, 9.17) is 16.0 Å². The van der Waals surface area contributed by atoms with E-state index in [0.717, 1.165) is 35.8 Å². The van der Waals surface area contributed by atoms with E-state index in [2.05, 4.69) is 27.1 Å². The van der Waals surface area contributed by atoms with E-state index in [1.165, 1.54) is 0 Å². The summed E-state index contributed by atoms with van der Waals surface area (Å²) in [5.74, 6) is 1.26. The predicted octanol–water partition coefficient (Wildman–Crippen LogP) is 2.97. The number of halogens is 1. The van der Waals surface area contributed by atoms with Crippen molar-refractivity contribution in [3.63, 3.8) is 0 Å². The third kappa shape index (κ3) is 2.46. The largest absolute Gasteiger partial charge is 0.424 e.